The highest BCUT2D eigenvalue weighted by Gasteiger charge is 2.33. The van der Waals surface area contributed by atoms with E-state index in [1.807, 2.05) is 4.90 Å². The topological polar surface area (TPSA) is 147 Å². The summed E-state index contributed by atoms with van der Waals surface area (Å²) in [5.41, 5.74) is 0.848. The number of anilines is 3. The monoisotopic (exact) mass is 525 g/mol. The van der Waals surface area contributed by atoms with Crippen LogP contribution >= 0.6 is 11.6 Å². The Morgan fingerprint density at radius 2 is 2.05 bits per heavy atom. The molecular formula is C24H25ClFN9O2. The number of benzene rings is 1. The van der Waals surface area contributed by atoms with E-state index in [-0.39, 0.29) is 34.8 Å². The van der Waals surface area contributed by atoms with Crippen molar-refractivity contribution < 1.29 is 14.6 Å². The minimum atomic E-state index is -0.994. The summed E-state index contributed by atoms with van der Waals surface area (Å²) in [5.74, 6) is 0.618. The number of piperidine rings is 1. The molecule has 1 aromatic carbocycles. The lowest BCUT2D eigenvalue weighted by Crippen LogP contribution is -2.44. The van der Waals surface area contributed by atoms with Crippen molar-refractivity contribution in [3.63, 3.8) is 0 Å². The van der Waals surface area contributed by atoms with Crippen LogP contribution < -0.4 is 10.6 Å². The van der Waals surface area contributed by atoms with Gasteiger partial charge in [-0.2, -0.15) is 25.0 Å². The summed E-state index contributed by atoms with van der Waals surface area (Å²) in [5, 5.41) is 41.0. The van der Waals surface area contributed by atoms with E-state index in [1.165, 1.54) is 10.7 Å². The normalized spacial score (nSPS) is 18.2. The smallest absolute Gasteiger partial charge is 0.247 e. The number of β-amino-alcohol motifs (C(OH)–C–C–N with tert-alkyl or cyclic N) is 1. The summed E-state index contributed by atoms with van der Waals surface area (Å²) in [4.78, 5) is 14.9. The first-order chi connectivity index (χ1) is 17.8. The minimum Gasteiger partial charge on any atom is -0.387 e. The van der Waals surface area contributed by atoms with Gasteiger partial charge in [-0.3, -0.25) is 0 Å². The Bertz CT molecular complexity index is 1400. The largest absolute Gasteiger partial charge is 0.387 e. The van der Waals surface area contributed by atoms with E-state index < -0.39 is 11.7 Å². The number of aliphatic hydroxyl groups excluding tert-OH is 1. The molecular weight excluding hydrogens is 501 g/mol. The summed E-state index contributed by atoms with van der Waals surface area (Å²) in [6.07, 6.45) is 3.44. The Labute approximate surface area is 217 Å². The molecule has 1 atom stereocenters. The number of nitrogens with zero attached hydrogens (tertiary/aromatic N) is 7. The molecule has 2 aromatic heterocycles. The van der Waals surface area contributed by atoms with E-state index in [0.29, 0.717) is 48.6 Å². The first-order valence-electron chi connectivity index (χ1n) is 12.0. The van der Waals surface area contributed by atoms with E-state index in [2.05, 4.69) is 42.8 Å². The van der Waals surface area contributed by atoms with Crippen LogP contribution in [0.5, 0.6) is 0 Å². The molecule has 3 aromatic rings. The molecule has 5 rings (SSSR count). The third-order valence-corrected chi connectivity index (χ3v) is 7.18. The fourth-order valence-electron chi connectivity index (χ4n) is 4.32. The molecule has 2 aliphatic rings. The number of fused-ring (bicyclic) bond motifs is 1. The lowest BCUT2D eigenvalue weighted by Gasteiger charge is -2.37. The van der Waals surface area contributed by atoms with Crippen molar-refractivity contribution in [2.75, 3.05) is 30.3 Å². The van der Waals surface area contributed by atoms with Gasteiger partial charge in [-0.25, -0.2) is 4.98 Å². The first kappa shape index (κ1) is 25.1. The summed E-state index contributed by atoms with van der Waals surface area (Å²) < 4.78 is 14.2. The van der Waals surface area contributed by atoms with Crippen molar-refractivity contribution in [3.05, 3.63) is 40.2 Å². The fourth-order valence-corrected chi connectivity index (χ4v) is 4.60. The second-order valence-electron chi connectivity index (χ2n) is 9.70. The molecule has 0 radical (unpaired) electrons. The summed E-state index contributed by atoms with van der Waals surface area (Å²) in [7, 11) is 0. The molecule has 1 aliphatic carbocycles. The Hall–Kier alpha value is -3.55. The number of rotatable bonds is 8. The highest BCUT2D eigenvalue weighted by molar-refractivity contribution is 6.34. The maximum atomic E-state index is 12.8. The third-order valence-electron chi connectivity index (χ3n) is 6.76. The molecule has 1 saturated carbocycles. The number of halogens is 2. The molecule has 1 aliphatic heterocycles. The number of imidazole rings is 1. The van der Waals surface area contributed by atoms with Gasteiger partial charge in [0.15, 0.2) is 17.2 Å². The maximum absolute atomic E-state index is 12.8. The molecule has 0 bridgehead atoms. The average molecular weight is 526 g/mol. The molecule has 13 heteroatoms. The highest BCUT2D eigenvalue weighted by Crippen LogP contribution is 2.35. The second-order valence-corrected chi connectivity index (χ2v) is 10.1. The van der Waals surface area contributed by atoms with Crippen LogP contribution in [0.3, 0.4) is 0 Å². The Morgan fingerprint density at radius 3 is 2.70 bits per heavy atom. The van der Waals surface area contributed by atoms with E-state index in [0.717, 1.165) is 12.8 Å². The molecule has 3 N–H and O–H groups in total. The summed E-state index contributed by atoms with van der Waals surface area (Å²) in [6, 6.07) is 7.53. The number of nitrogens with one attached hydrogen (secondary N) is 2. The van der Waals surface area contributed by atoms with Gasteiger partial charge < -0.3 is 20.6 Å². The van der Waals surface area contributed by atoms with Crippen molar-refractivity contribution in [1.82, 2.24) is 24.5 Å². The Morgan fingerprint density at radius 1 is 1.30 bits per heavy atom. The van der Waals surface area contributed by atoms with E-state index in [9.17, 15) is 20.2 Å². The van der Waals surface area contributed by atoms with Gasteiger partial charge >= 0.3 is 0 Å². The fraction of sp³-hybridized carbons (Fsp3) is 0.458. The minimum absolute atomic E-state index is 0.143. The Balaban J connectivity index is 1.42. The van der Waals surface area contributed by atoms with Crippen LogP contribution in [0.25, 0.3) is 5.65 Å². The number of hydrogen-bond donors (Lipinski definition) is 3. The van der Waals surface area contributed by atoms with Gasteiger partial charge in [0.05, 0.1) is 34.6 Å². The predicted molar refractivity (Wildman–Crippen MR) is 133 cm³/mol. The first-order valence-corrected chi connectivity index (χ1v) is 12.3. The lowest BCUT2D eigenvalue weighted by molar-refractivity contribution is -0.243. The van der Waals surface area contributed by atoms with Crippen molar-refractivity contribution in [1.29, 1.82) is 10.5 Å². The van der Waals surface area contributed by atoms with Crippen LogP contribution in [0.4, 0.5) is 22.0 Å². The molecule has 37 heavy (non-hydrogen) atoms. The molecule has 0 amide bonds. The quantitative estimate of drug-likeness (QED) is 0.398. The standard InChI is InChI=1S/C24H25ClFN9O2/c1-24(37-26)4-6-34(7-5-24)13-19(36)17-8-14(10-27)9-18(20(17)25)31-23-32-21(30-15-2-3-15)22-29-12-16(11-28)35(22)33-23/h8-9,12,15,19,36H,2-7,13H2,1H3,(H2,30,31,32,33). The van der Waals surface area contributed by atoms with Gasteiger partial charge in [0.25, 0.3) is 0 Å². The van der Waals surface area contributed by atoms with Gasteiger partial charge in [-0.05, 0) is 49.3 Å². The molecule has 1 unspecified atom stereocenters. The van der Waals surface area contributed by atoms with Crippen LogP contribution in [0, 0.1) is 22.7 Å². The van der Waals surface area contributed by atoms with Gasteiger partial charge in [0, 0.05) is 31.2 Å². The van der Waals surface area contributed by atoms with Crippen LogP contribution in [0.15, 0.2) is 18.3 Å². The predicted octanol–water partition coefficient (Wildman–Crippen LogP) is 3.63. The molecule has 11 nitrogen and oxygen atoms in total. The van der Waals surface area contributed by atoms with Crippen molar-refractivity contribution in [2.24, 2.45) is 0 Å². The molecule has 2 fully saturated rings. The van der Waals surface area contributed by atoms with E-state index in [4.69, 9.17) is 11.6 Å². The zero-order valence-electron chi connectivity index (χ0n) is 20.1. The average Bonchev–Trinajstić information content (AvgIpc) is 3.62. The van der Waals surface area contributed by atoms with Crippen LogP contribution in [0.2, 0.25) is 5.02 Å². The summed E-state index contributed by atoms with van der Waals surface area (Å²) >= 11 is 6.70. The van der Waals surface area contributed by atoms with Gasteiger partial charge in [-0.15, -0.1) is 5.10 Å². The summed E-state index contributed by atoms with van der Waals surface area (Å²) in [6.45, 7) is 3.08. The zero-order valence-corrected chi connectivity index (χ0v) is 20.8. The van der Waals surface area contributed by atoms with Crippen molar-refractivity contribution >= 4 is 34.7 Å². The molecule has 192 valence electrons. The van der Waals surface area contributed by atoms with Gasteiger partial charge in [0.2, 0.25) is 5.95 Å². The van der Waals surface area contributed by atoms with Crippen molar-refractivity contribution in [3.8, 4) is 12.1 Å². The second kappa shape index (κ2) is 10.1. The highest BCUT2D eigenvalue weighted by atomic mass is 35.5. The van der Waals surface area contributed by atoms with Crippen LogP contribution in [-0.2, 0) is 4.94 Å². The van der Waals surface area contributed by atoms with Crippen molar-refractivity contribution in [2.45, 2.75) is 50.4 Å². The van der Waals surface area contributed by atoms with Gasteiger partial charge in [-0.1, -0.05) is 11.6 Å². The van der Waals surface area contributed by atoms with Gasteiger partial charge in [0.1, 0.15) is 11.7 Å². The number of nitriles is 2. The third kappa shape index (κ3) is 5.29. The van der Waals surface area contributed by atoms with Crippen LogP contribution in [-0.4, -0.2) is 60.9 Å². The molecule has 3 heterocycles. The zero-order chi connectivity index (χ0) is 26.2. The number of hydrogen-bond acceptors (Lipinski definition) is 10. The Kier molecular flexibility index (Phi) is 6.84. The SMILES string of the molecule is CC1(OF)CCN(CC(O)c2cc(C#N)cc(Nc3nc(NC4CC4)c4ncc(C#N)n4n3)c2Cl)CC1. The number of aromatic nitrogens is 4. The number of likely N-dealkylation sites (tertiary alicyclic amines) is 1. The number of aliphatic hydroxyl groups is 1. The maximum Gasteiger partial charge on any atom is 0.247 e. The molecule has 1 saturated heterocycles. The van der Waals surface area contributed by atoms with E-state index >= 15 is 0 Å². The van der Waals surface area contributed by atoms with E-state index in [1.54, 1.807) is 19.1 Å². The molecule has 0 spiro atoms. The lowest BCUT2D eigenvalue weighted by atomic mass is 9.93. The van der Waals surface area contributed by atoms with Crippen LogP contribution in [0.1, 0.15) is 55.5 Å².